The number of nitrogens with zero attached hydrogens (tertiary/aromatic N) is 2. The highest BCUT2D eigenvalue weighted by molar-refractivity contribution is 6.34. The molecule has 1 spiro atoms. The molecular weight excluding hydrogens is 532 g/mol. The third-order valence-electron chi connectivity index (χ3n) is 8.45. The minimum absolute atomic E-state index is 0.0628. The first kappa shape index (κ1) is 30.3. The van der Waals surface area contributed by atoms with Crippen LogP contribution in [0.5, 0.6) is 0 Å². The summed E-state index contributed by atoms with van der Waals surface area (Å²) in [6.07, 6.45) is 8.45. The van der Waals surface area contributed by atoms with Crippen LogP contribution >= 0.6 is 11.6 Å². The number of anilines is 1. The fourth-order valence-electron chi connectivity index (χ4n) is 6.70. The molecule has 2 bridgehead atoms. The second-order valence-corrected chi connectivity index (χ2v) is 11.4. The predicted molar refractivity (Wildman–Crippen MR) is 154 cm³/mol. The lowest BCUT2D eigenvalue weighted by molar-refractivity contribution is -0.155. The van der Waals surface area contributed by atoms with Gasteiger partial charge in [0.15, 0.2) is 0 Å². The summed E-state index contributed by atoms with van der Waals surface area (Å²) >= 11 is 6.60. The molecule has 218 valence electrons. The van der Waals surface area contributed by atoms with Crippen molar-refractivity contribution >= 4 is 35.1 Å². The highest BCUT2D eigenvalue weighted by Crippen LogP contribution is 2.59. The molecule has 5 atom stereocenters. The van der Waals surface area contributed by atoms with E-state index in [1.165, 1.54) is 0 Å². The minimum atomic E-state index is -1.11. The number of rotatable bonds is 15. The van der Waals surface area contributed by atoms with Crippen LogP contribution in [-0.4, -0.2) is 71.8 Å². The number of fused-ring (bicyclic) bond motifs is 1. The number of aliphatic hydroxyl groups excluding tert-OH is 1. The van der Waals surface area contributed by atoms with Crippen molar-refractivity contribution in [1.82, 2.24) is 4.90 Å². The maximum atomic E-state index is 14.5. The maximum absolute atomic E-state index is 14.5. The molecule has 3 fully saturated rings. The molecule has 8 nitrogen and oxygen atoms in total. The fourth-order valence-corrected chi connectivity index (χ4v) is 7.03. The quantitative estimate of drug-likeness (QED) is 0.187. The van der Waals surface area contributed by atoms with Gasteiger partial charge >= 0.3 is 5.97 Å². The van der Waals surface area contributed by atoms with E-state index in [2.05, 4.69) is 13.2 Å². The first-order valence-corrected chi connectivity index (χ1v) is 14.7. The lowest BCUT2D eigenvalue weighted by atomic mass is 9.70. The van der Waals surface area contributed by atoms with Gasteiger partial charge in [-0.2, -0.15) is 0 Å². The van der Waals surface area contributed by atoms with Crippen LogP contribution in [0.1, 0.15) is 56.9 Å². The van der Waals surface area contributed by atoms with Crippen molar-refractivity contribution in [3.05, 3.63) is 54.1 Å². The van der Waals surface area contributed by atoms with E-state index in [0.717, 1.165) is 18.4 Å². The second kappa shape index (κ2) is 13.3. The largest absolute Gasteiger partial charge is 0.465 e. The number of para-hydroxylation sites is 1. The van der Waals surface area contributed by atoms with Gasteiger partial charge in [0.25, 0.3) is 5.91 Å². The Morgan fingerprint density at radius 3 is 2.73 bits per heavy atom. The van der Waals surface area contributed by atoms with Crippen molar-refractivity contribution < 1.29 is 29.0 Å². The molecule has 4 rings (SSSR count). The van der Waals surface area contributed by atoms with Gasteiger partial charge in [-0.3, -0.25) is 14.4 Å². The van der Waals surface area contributed by atoms with Crippen LogP contribution in [0, 0.1) is 18.8 Å². The van der Waals surface area contributed by atoms with E-state index in [4.69, 9.17) is 21.1 Å². The zero-order valence-electron chi connectivity index (χ0n) is 23.4. The Hall–Kier alpha value is -2.68. The number of benzene rings is 1. The molecule has 3 aliphatic rings. The summed E-state index contributed by atoms with van der Waals surface area (Å²) in [7, 11) is 0. The molecule has 9 heteroatoms. The standard InChI is InChI=1S/C31H41ClN2O6/c1-4-6-7-11-20-39-30(38)24-23-15-16-31(40-23)25(24)28(36)34(18-9-8-10-19-35)27(31)29(37)33(17-5-2)26-21(3)13-12-14-22(26)32/h4-5,12-14,23-25,27,35H,1-2,6-11,15-20H2,3H3/t23-,24+,25-,27?,31?/m0/s1. The van der Waals surface area contributed by atoms with Crippen molar-refractivity contribution in [1.29, 1.82) is 0 Å². The normalized spacial score (nSPS) is 26.6. The highest BCUT2D eigenvalue weighted by Gasteiger charge is 2.75. The first-order valence-electron chi connectivity index (χ1n) is 14.4. The molecule has 0 aliphatic carbocycles. The predicted octanol–water partition coefficient (Wildman–Crippen LogP) is 4.60. The summed E-state index contributed by atoms with van der Waals surface area (Å²) in [5.74, 6) is -2.49. The molecule has 1 aromatic carbocycles. The van der Waals surface area contributed by atoms with Crippen LogP contribution in [0.3, 0.4) is 0 Å². The molecule has 3 heterocycles. The number of likely N-dealkylation sites (tertiary alicyclic amines) is 1. The smallest absolute Gasteiger partial charge is 0.312 e. The monoisotopic (exact) mass is 572 g/mol. The van der Waals surface area contributed by atoms with E-state index < -0.39 is 35.6 Å². The lowest BCUT2D eigenvalue weighted by Crippen LogP contribution is -2.56. The number of allylic oxidation sites excluding steroid dienone is 1. The summed E-state index contributed by atoms with van der Waals surface area (Å²) < 4.78 is 12.2. The molecule has 1 aromatic rings. The van der Waals surface area contributed by atoms with Crippen molar-refractivity contribution in [3.63, 3.8) is 0 Å². The van der Waals surface area contributed by atoms with Crippen LogP contribution in [-0.2, 0) is 23.9 Å². The van der Waals surface area contributed by atoms with E-state index >= 15 is 0 Å². The van der Waals surface area contributed by atoms with Gasteiger partial charge in [0.05, 0.1) is 35.3 Å². The number of aryl methyl sites for hydroxylation is 1. The summed E-state index contributed by atoms with van der Waals surface area (Å²) in [5, 5.41) is 9.68. The molecular formula is C31H41ClN2O6. The van der Waals surface area contributed by atoms with E-state index in [-0.39, 0.29) is 31.6 Å². The van der Waals surface area contributed by atoms with E-state index in [1.54, 1.807) is 21.9 Å². The van der Waals surface area contributed by atoms with Crippen molar-refractivity contribution in [2.75, 3.05) is 31.2 Å². The number of carbonyl (C=O) groups is 3. The third-order valence-corrected chi connectivity index (χ3v) is 8.75. The lowest BCUT2D eigenvalue weighted by Gasteiger charge is -2.37. The zero-order chi connectivity index (χ0) is 28.9. The Bertz CT molecular complexity index is 1100. The molecule has 40 heavy (non-hydrogen) atoms. The number of unbranched alkanes of at least 4 members (excludes halogenated alkanes) is 4. The Morgan fingerprint density at radius 2 is 2.02 bits per heavy atom. The minimum Gasteiger partial charge on any atom is -0.465 e. The summed E-state index contributed by atoms with van der Waals surface area (Å²) in [4.78, 5) is 45.2. The van der Waals surface area contributed by atoms with E-state index in [1.807, 2.05) is 25.1 Å². The van der Waals surface area contributed by atoms with E-state index in [9.17, 15) is 19.5 Å². The molecule has 3 saturated heterocycles. The summed E-state index contributed by atoms with van der Waals surface area (Å²) in [6.45, 7) is 10.3. The summed E-state index contributed by atoms with van der Waals surface area (Å²) in [6, 6.07) is 4.54. The number of hydrogen-bond donors (Lipinski definition) is 1. The number of halogens is 1. The van der Waals surface area contributed by atoms with Gasteiger partial charge in [0.2, 0.25) is 5.91 Å². The van der Waals surface area contributed by atoms with Gasteiger partial charge in [0, 0.05) is 19.7 Å². The number of amides is 2. The van der Waals surface area contributed by atoms with Crippen LogP contribution in [0.4, 0.5) is 5.69 Å². The topological polar surface area (TPSA) is 96.4 Å². The number of hydrogen-bond acceptors (Lipinski definition) is 6. The average Bonchev–Trinajstić information content (AvgIpc) is 3.57. The maximum Gasteiger partial charge on any atom is 0.312 e. The molecule has 0 saturated carbocycles. The van der Waals surface area contributed by atoms with Crippen molar-refractivity contribution in [2.45, 2.75) is 76.0 Å². The van der Waals surface area contributed by atoms with Crippen LogP contribution < -0.4 is 4.90 Å². The Kier molecular flexibility index (Phi) is 10.1. The van der Waals surface area contributed by atoms with Gasteiger partial charge in [0.1, 0.15) is 11.6 Å². The molecule has 0 aromatic heterocycles. The first-order chi connectivity index (χ1) is 19.3. The SMILES string of the molecule is C=CCCCCOC(=O)[C@@H]1[C@@H]2CCC3(O2)C(C(=O)N(CC=C)c2c(C)cccc2Cl)N(CCCCCO)C(=O)[C@H]13. The van der Waals surface area contributed by atoms with Gasteiger partial charge in [-0.15, -0.1) is 13.2 Å². The number of ether oxygens (including phenoxy) is 2. The average molecular weight is 573 g/mol. The summed E-state index contributed by atoms with van der Waals surface area (Å²) in [5.41, 5.74) is 0.284. The van der Waals surface area contributed by atoms with Gasteiger partial charge < -0.3 is 24.4 Å². The zero-order valence-corrected chi connectivity index (χ0v) is 24.1. The Balaban J connectivity index is 1.67. The molecule has 2 amide bonds. The van der Waals surface area contributed by atoms with Crippen LogP contribution in [0.2, 0.25) is 5.02 Å². The molecule has 1 N–H and O–H groups in total. The van der Waals surface area contributed by atoms with Gasteiger partial charge in [-0.05, 0) is 69.9 Å². The Labute approximate surface area is 241 Å². The highest BCUT2D eigenvalue weighted by atomic mass is 35.5. The van der Waals surface area contributed by atoms with Crippen molar-refractivity contribution in [2.24, 2.45) is 11.8 Å². The third kappa shape index (κ3) is 5.58. The number of esters is 1. The molecule has 3 aliphatic heterocycles. The number of aliphatic hydroxyl groups is 1. The van der Waals surface area contributed by atoms with Gasteiger partial charge in [-0.25, -0.2) is 0 Å². The van der Waals surface area contributed by atoms with Crippen LogP contribution in [0.25, 0.3) is 0 Å². The molecule has 0 radical (unpaired) electrons. The second-order valence-electron chi connectivity index (χ2n) is 11.0. The van der Waals surface area contributed by atoms with Crippen molar-refractivity contribution in [3.8, 4) is 0 Å². The Morgan fingerprint density at radius 1 is 1.23 bits per heavy atom. The fraction of sp³-hybridized carbons (Fsp3) is 0.581. The molecule has 2 unspecified atom stereocenters. The van der Waals surface area contributed by atoms with Crippen LogP contribution in [0.15, 0.2) is 43.5 Å². The number of carbonyl (C=O) groups excluding carboxylic acids is 3. The van der Waals surface area contributed by atoms with Gasteiger partial charge in [-0.1, -0.05) is 35.9 Å². The van der Waals surface area contributed by atoms with E-state index in [0.29, 0.717) is 55.8 Å².